The Morgan fingerprint density at radius 1 is 1.67 bits per heavy atom. The Balaban J connectivity index is 1.74. The molecule has 0 aliphatic carbocycles. The molecule has 0 amide bonds. The maximum Gasteiger partial charge on any atom is 0.0751 e. The zero-order chi connectivity index (χ0) is 8.23. The quantitative estimate of drug-likeness (QED) is 0.680. The molecule has 1 aliphatic rings. The fraction of sp³-hybridized carbons (Fsp3) is 0.625. The predicted octanol–water partition coefficient (Wildman–Crippen LogP) is 0.288. The van der Waals surface area contributed by atoms with Crippen LogP contribution in [0.2, 0.25) is 0 Å². The number of aromatic amines is 1. The van der Waals surface area contributed by atoms with Gasteiger partial charge in [-0.05, 0) is 13.0 Å². The van der Waals surface area contributed by atoms with Gasteiger partial charge in [0.1, 0.15) is 0 Å². The number of hydrogen-bond acceptors (Lipinski definition) is 3. The fourth-order valence-electron chi connectivity index (χ4n) is 1.34. The lowest BCUT2D eigenvalue weighted by atomic mass is 10.3. The average molecular weight is 167 g/mol. The molecule has 0 aromatic carbocycles. The highest BCUT2D eigenvalue weighted by molar-refractivity contribution is 5.00. The van der Waals surface area contributed by atoms with E-state index in [0.29, 0.717) is 12.7 Å². The van der Waals surface area contributed by atoms with E-state index < -0.39 is 0 Å². The molecule has 2 heterocycles. The van der Waals surface area contributed by atoms with Crippen LogP contribution in [0.4, 0.5) is 0 Å². The minimum absolute atomic E-state index is 0.389. The highest BCUT2D eigenvalue weighted by Crippen LogP contribution is 2.06. The lowest BCUT2D eigenvalue weighted by Crippen LogP contribution is -2.16. The Morgan fingerprint density at radius 3 is 3.33 bits per heavy atom. The highest BCUT2D eigenvalue weighted by Gasteiger charge is 2.14. The van der Waals surface area contributed by atoms with E-state index in [-0.39, 0.29) is 0 Å². The third-order valence-corrected chi connectivity index (χ3v) is 2.06. The molecule has 1 aliphatic heterocycles. The van der Waals surface area contributed by atoms with Gasteiger partial charge in [-0.3, -0.25) is 5.10 Å². The van der Waals surface area contributed by atoms with Crippen LogP contribution in [0.1, 0.15) is 12.0 Å². The van der Waals surface area contributed by atoms with Gasteiger partial charge in [0.25, 0.3) is 0 Å². The number of H-pyrrole nitrogens is 1. The summed E-state index contributed by atoms with van der Waals surface area (Å²) in [5.41, 5.74) is 1.11. The van der Waals surface area contributed by atoms with Crippen LogP contribution in [0.5, 0.6) is 0 Å². The molecule has 0 saturated carbocycles. The second kappa shape index (κ2) is 3.69. The SMILES string of the molecule is c1n[nH]cc1COC1CCNC1. The van der Waals surface area contributed by atoms with Crippen molar-refractivity contribution in [3.63, 3.8) is 0 Å². The molecule has 0 radical (unpaired) electrons. The van der Waals surface area contributed by atoms with Gasteiger partial charge in [-0.25, -0.2) is 0 Å². The van der Waals surface area contributed by atoms with Crippen LogP contribution in [0.25, 0.3) is 0 Å². The zero-order valence-electron chi connectivity index (χ0n) is 6.92. The molecule has 66 valence electrons. The van der Waals surface area contributed by atoms with Crippen molar-refractivity contribution in [2.24, 2.45) is 0 Å². The van der Waals surface area contributed by atoms with Gasteiger partial charge < -0.3 is 10.1 Å². The number of ether oxygens (including phenoxy) is 1. The summed E-state index contributed by atoms with van der Waals surface area (Å²) >= 11 is 0. The molecule has 1 aromatic rings. The number of hydrogen-bond donors (Lipinski definition) is 2. The summed E-state index contributed by atoms with van der Waals surface area (Å²) in [5.74, 6) is 0. The molecule has 4 heteroatoms. The molecular formula is C8H13N3O. The first-order valence-corrected chi connectivity index (χ1v) is 4.25. The van der Waals surface area contributed by atoms with E-state index in [9.17, 15) is 0 Å². The molecule has 0 bridgehead atoms. The fourth-order valence-corrected chi connectivity index (χ4v) is 1.34. The smallest absolute Gasteiger partial charge is 0.0751 e. The largest absolute Gasteiger partial charge is 0.372 e. The molecule has 12 heavy (non-hydrogen) atoms. The van der Waals surface area contributed by atoms with Gasteiger partial charge in [0.05, 0.1) is 18.9 Å². The van der Waals surface area contributed by atoms with Gasteiger partial charge in [0.15, 0.2) is 0 Å². The van der Waals surface area contributed by atoms with E-state index in [0.717, 1.165) is 25.1 Å². The lowest BCUT2D eigenvalue weighted by molar-refractivity contribution is 0.0542. The van der Waals surface area contributed by atoms with Crippen LogP contribution in [-0.4, -0.2) is 29.4 Å². The molecule has 1 atom stereocenters. The summed E-state index contributed by atoms with van der Waals surface area (Å²) in [5, 5.41) is 9.86. The summed E-state index contributed by atoms with van der Waals surface area (Å²) in [6.07, 6.45) is 5.17. The first-order chi connectivity index (χ1) is 5.95. The van der Waals surface area contributed by atoms with Crippen molar-refractivity contribution in [3.05, 3.63) is 18.0 Å². The average Bonchev–Trinajstić information content (AvgIpc) is 2.74. The molecule has 2 rings (SSSR count). The molecule has 1 saturated heterocycles. The number of aromatic nitrogens is 2. The maximum absolute atomic E-state index is 5.62. The predicted molar refractivity (Wildman–Crippen MR) is 44.7 cm³/mol. The Kier molecular flexibility index (Phi) is 2.39. The van der Waals surface area contributed by atoms with Crippen molar-refractivity contribution in [2.45, 2.75) is 19.1 Å². The minimum atomic E-state index is 0.389. The van der Waals surface area contributed by atoms with Gasteiger partial charge in [-0.2, -0.15) is 5.10 Å². The lowest BCUT2D eigenvalue weighted by Gasteiger charge is -2.08. The second-order valence-corrected chi connectivity index (χ2v) is 3.03. The van der Waals surface area contributed by atoms with Gasteiger partial charge in [0, 0.05) is 18.3 Å². The topological polar surface area (TPSA) is 49.9 Å². The number of nitrogens with zero attached hydrogens (tertiary/aromatic N) is 1. The van der Waals surface area contributed by atoms with Gasteiger partial charge >= 0.3 is 0 Å². The normalized spacial score (nSPS) is 23.2. The van der Waals surface area contributed by atoms with Crippen molar-refractivity contribution in [3.8, 4) is 0 Å². The summed E-state index contributed by atoms with van der Waals surface area (Å²) in [4.78, 5) is 0. The van der Waals surface area contributed by atoms with Crippen molar-refractivity contribution in [1.29, 1.82) is 0 Å². The summed E-state index contributed by atoms with van der Waals surface area (Å²) in [7, 11) is 0. The van der Waals surface area contributed by atoms with Crippen molar-refractivity contribution >= 4 is 0 Å². The van der Waals surface area contributed by atoms with Crippen LogP contribution in [-0.2, 0) is 11.3 Å². The zero-order valence-corrected chi connectivity index (χ0v) is 6.92. The number of nitrogens with one attached hydrogen (secondary N) is 2. The highest BCUT2D eigenvalue weighted by atomic mass is 16.5. The van der Waals surface area contributed by atoms with E-state index >= 15 is 0 Å². The van der Waals surface area contributed by atoms with Crippen LogP contribution in [0, 0.1) is 0 Å². The number of rotatable bonds is 3. The third-order valence-electron chi connectivity index (χ3n) is 2.06. The van der Waals surface area contributed by atoms with Gasteiger partial charge in [-0.15, -0.1) is 0 Å². The van der Waals surface area contributed by atoms with E-state index in [1.54, 1.807) is 6.20 Å². The van der Waals surface area contributed by atoms with Crippen LogP contribution >= 0.6 is 0 Å². The van der Waals surface area contributed by atoms with Crippen LogP contribution in [0.15, 0.2) is 12.4 Å². The van der Waals surface area contributed by atoms with Gasteiger partial charge in [0.2, 0.25) is 0 Å². The van der Waals surface area contributed by atoms with E-state index in [1.807, 2.05) is 6.20 Å². The monoisotopic (exact) mass is 167 g/mol. The van der Waals surface area contributed by atoms with E-state index in [4.69, 9.17) is 4.74 Å². The molecule has 1 aromatic heterocycles. The molecule has 2 N–H and O–H groups in total. The van der Waals surface area contributed by atoms with Crippen molar-refractivity contribution in [2.75, 3.05) is 13.1 Å². The Hall–Kier alpha value is -0.870. The standard InChI is InChI=1S/C8H13N3O/c1-2-9-5-8(1)12-6-7-3-10-11-4-7/h3-4,8-9H,1-2,5-6H2,(H,10,11). The maximum atomic E-state index is 5.62. The van der Waals surface area contributed by atoms with Crippen molar-refractivity contribution < 1.29 is 4.74 Å². The first kappa shape index (κ1) is 7.76. The summed E-state index contributed by atoms with van der Waals surface area (Å²) in [6.45, 7) is 2.73. The van der Waals surface area contributed by atoms with Crippen molar-refractivity contribution in [1.82, 2.24) is 15.5 Å². The molecular weight excluding hydrogens is 154 g/mol. The summed E-state index contributed by atoms with van der Waals surface area (Å²) < 4.78 is 5.62. The van der Waals surface area contributed by atoms with Crippen LogP contribution in [0.3, 0.4) is 0 Å². The van der Waals surface area contributed by atoms with Crippen LogP contribution < -0.4 is 5.32 Å². The molecule has 1 fully saturated rings. The van der Waals surface area contributed by atoms with E-state index in [2.05, 4.69) is 15.5 Å². The van der Waals surface area contributed by atoms with E-state index in [1.165, 1.54) is 0 Å². The Labute approximate surface area is 71.3 Å². The Morgan fingerprint density at radius 2 is 2.67 bits per heavy atom. The third kappa shape index (κ3) is 1.84. The second-order valence-electron chi connectivity index (χ2n) is 3.03. The molecule has 1 unspecified atom stereocenters. The molecule has 0 spiro atoms. The summed E-state index contributed by atoms with van der Waals surface area (Å²) in [6, 6.07) is 0. The molecule has 4 nitrogen and oxygen atoms in total. The minimum Gasteiger partial charge on any atom is -0.372 e. The Bertz CT molecular complexity index is 216. The van der Waals surface area contributed by atoms with Gasteiger partial charge in [-0.1, -0.05) is 0 Å². The first-order valence-electron chi connectivity index (χ1n) is 4.25.